The normalized spacial score (nSPS) is 26.2. The molecule has 4 N–H and O–H groups in total. The van der Waals surface area contributed by atoms with E-state index in [0.717, 1.165) is 0 Å². The maximum Gasteiger partial charge on any atom is 0.121 e. The van der Waals surface area contributed by atoms with Crippen molar-refractivity contribution in [2.24, 2.45) is 5.92 Å². The summed E-state index contributed by atoms with van der Waals surface area (Å²) in [6.45, 7) is 7.21. The van der Waals surface area contributed by atoms with E-state index in [4.69, 9.17) is 5.11 Å². The fourth-order valence-corrected chi connectivity index (χ4v) is 1.58. The van der Waals surface area contributed by atoms with Crippen LogP contribution in [0.4, 0.5) is 0 Å². The minimum absolute atomic E-state index is 0.189. The molecule has 0 aliphatic carbocycles. The van der Waals surface area contributed by atoms with Crippen molar-refractivity contribution in [3.8, 4) is 0 Å². The van der Waals surface area contributed by atoms with Crippen molar-refractivity contribution in [3.05, 3.63) is 0 Å². The smallest absolute Gasteiger partial charge is 0.121 e. The Bertz CT molecular complexity index is 209. The van der Waals surface area contributed by atoms with Crippen LogP contribution in [0.3, 0.4) is 0 Å². The summed E-state index contributed by atoms with van der Waals surface area (Å²) < 4.78 is 0. The molecule has 4 nitrogen and oxygen atoms in total. The Balaban J connectivity index is 5.17. The lowest BCUT2D eigenvalue weighted by Crippen LogP contribution is -2.67. The van der Waals surface area contributed by atoms with E-state index < -0.39 is 23.4 Å². The van der Waals surface area contributed by atoms with Crippen LogP contribution in [0.5, 0.6) is 0 Å². The summed E-state index contributed by atoms with van der Waals surface area (Å²) >= 11 is 0. The molecule has 0 spiro atoms. The van der Waals surface area contributed by atoms with Gasteiger partial charge in [0.15, 0.2) is 0 Å². The summed E-state index contributed by atoms with van der Waals surface area (Å²) in [7, 11) is 0. The second kappa shape index (κ2) is 4.37. The van der Waals surface area contributed by atoms with Crippen molar-refractivity contribution >= 4 is 0 Å². The first-order chi connectivity index (χ1) is 6.54. The molecule has 15 heavy (non-hydrogen) atoms. The van der Waals surface area contributed by atoms with Crippen molar-refractivity contribution in [1.82, 2.24) is 0 Å². The minimum atomic E-state index is -1.77. The van der Waals surface area contributed by atoms with Crippen LogP contribution in [-0.4, -0.2) is 43.8 Å². The van der Waals surface area contributed by atoms with Gasteiger partial charge in [0, 0.05) is 0 Å². The molecule has 0 aromatic heterocycles. The van der Waals surface area contributed by atoms with Gasteiger partial charge in [-0.1, -0.05) is 20.3 Å². The average Bonchev–Trinajstić information content (AvgIpc) is 2.15. The summed E-state index contributed by atoms with van der Waals surface area (Å²) in [6.07, 6.45) is 0.671. The van der Waals surface area contributed by atoms with Crippen LogP contribution in [0.25, 0.3) is 0 Å². The quantitative estimate of drug-likeness (QED) is 0.536. The van der Waals surface area contributed by atoms with Crippen LogP contribution >= 0.6 is 0 Å². The zero-order valence-electron chi connectivity index (χ0n) is 10.3. The summed E-state index contributed by atoms with van der Waals surface area (Å²) in [4.78, 5) is 0. The van der Waals surface area contributed by atoms with E-state index in [0.29, 0.717) is 6.42 Å². The molecule has 4 heteroatoms. The molecule has 0 aliphatic heterocycles. The van der Waals surface area contributed by atoms with Crippen LogP contribution in [0.1, 0.15) is 41.0 Å². The fourth-order valence-electron chi connectivity index (χ4n) is 1.58. The van der Waals surface area contributed by atoms with Gasteiger partial charge in [0.05, 0.1) is 12.2 Å². The van der Waals surface area contributed by atoms with Gasteiger partial charge in [0.25, 0.3) is 0 Å². The molecule has 0 radical (unpaired) electrons. The molecule has 0 bridgehead atoms. The molecule has 4 unspecified atom stereocenters. The Labute approximate surface area is 91.6 Å². The number of hydrogen-bond donors (Lipinski definition) is 4. The highest BCUT2D eigenvalue weighted by atomic mass is 16.4. The molecule has 0 aromatic rings. The Morgan fingerprint density at radius 3 is 1.73 bits per heavy atom. The van der Waals surface area contributed by atoms with Crippen LogP contribution in [0.15, 0.2) is 0 Å². The van der Waals surface area contributed by atoms with Gasteiger partial charge in [-0.05, 0) is 26.7 Å². The van der Waals surface area contributed by atoms with E-state index in [1.165, 1.54) is 20.8 Å². The first kappa shape index (κ1) is 14.8. The van der Waals surface area contributed by atoms with Gasteiger partial charge < -0.3 is 20.4 Å². The van der Waals surface area contributed by atoms with Gasteiger partial charge in [0.1, 0.15) is 11.2 Å². The Morgan fingerprint density at radius 2 is 1.47 bits per heavy atom. The molecule has 0 fully saturated rings. The van der Waals surface area contributed by atoms with E-state index in [2.05, 4.69) is 0 Å². The van der Waals surface area contributed by atoms with E-state index >= 15 is 0 Å². The van der Waals surface area contributed by atoms with E-state index in [1.807, 2.05) is 6.92 Å². The maximum atomic E-state index is 10.3. The highest BCUT2D eigenvalue weighted by Gasteiger charge is 2.55. The molecule has 4 atom stereocenters. The van der Waals surface area contributed by atoms with Crippen molar-refractivity contribution < 1.29 is 20.4 Å². The first-order valence-electron chi connectivity index (χ1n) is 5.32. The third kappa shape index (κ3) is 2.33. The highest BCUT2D eigenvalue weighted by Crippen LogP contribution is 2.38. The number of rotatable bonds is 5. The minimum Gasteiger partial charge on any atom is -0.393 e. The third-order valence-corrected chi connectivity index (χ3v) is 3.91. The first-order valence-corrected chi connectivity index (χ1v) is 5.32. The summed E-state index contributed by atoms with van der Waals surface area (Å²) in [5.41, 5.74) is -4.97. The monoisotopic (exact) mass is 220 g/mol. The Morgan fingerprint density at radius 1 is 1.07 bits per heavy atom. The fraction of sp³-hybridized carbons (Fsp3) is 1.00. The number of aliphatic hydroxyl groups is 4. The van der Waals surface area contributed by atoms with Crippen molar-refractivity contribution in [2.45, 2.75) is 57.8 Å². The van der Waals surface area contributed by atoms with Crippen LogP contribution in [0.2, 0.25) is 0 Å². The topological polar surface area (TPSA) is 80.9 Å². The van der Waals surface area contributed by atoms with Crippen molar-refractivity contribution in [1.29, 1.82) is 0 Å². The van der Waals surface area contributed by atoms with Gasteiger partial charge in [-0.2, -0.15) is 0 Å². The molecule has 92 valence electrons. The Kier molecular flexibility index (Phi) is 4.33. The van der Waals surface area contributed by atoms with E-state index in [9.17, 15) is 15.3 Å². The van der Waals surface area contributed by atoms with Gasteiger partial charge in [-0.3, -0.25) is 0 Å². The lowest BCUT2D eigenvalue weighted by molar-refractivity contribution is -0.250. The molecule has 0 aromatic carbocycles. The van der Waals surface area contributed by atoms with Crippen LogP contribution in [0, 0.1) is 5.92 Å². The zero-order chi connectivity index (χ0) is 12.5. The SMILES string of the molecule is CCC(C)C(C)(O)C(C)(O)C(C)(O)CO. The molecular formula is C11H24O4. The number of hydrogen-bond acceptors (Lipinski definition) is 4. The highest BCUT2D eigenvalue weighted by molar-refractivity contribution is 5.07. The van der Waals surface area contributed by atoms with Gasteiger partial charge in [0.2, 0.25) is 0 Å². The predicted molar refractivity (Wildman–Crippen MR) is 58.4 cm³/mol. The molecule has 0 aliphatic rings. The second-order valence-electron chi connectivity index (χ2n) is 4.96. The van der Waals surface area contributed by atoms with Gasteiger partial charge >= 0.3 is 0 Å². The number of aliphatic hydroxyl groups excluding tert-OH is 1. The van der Waals surface area contributed by atoms with Crippen LogP contribution in [-0.2, 0) is 0 Å². The lowest BCUT2D eigenvalue weighted by Gasteiger charge is -2.49. The molecule has 0 saturated heterocycles. The maximum absolute atomic E-state index is 10.3. The third-order valence-electron chi connectivity index (χ3n) is 3.91. The standard InChI is InChI=1S/C11H24O4/c1-6-8(2)10(4,14)11(5,15)9(3,13)7-12/h8,12-15H,6-7H2,1-5H3. The lowest BCUT2D eigenvalue weighted by atomic mass is 9.68. The second-order valence-corrected chi connectivity index (χ2v) is 4.96. The molecular weight excluding hydrogens is 196 g/mol. The summed E-state index contributed by atoms with van der Waals surface area (Å²) in [6, 6.07) is 0. The van der Waals surface area contributed by atoms with Gasteiger partial charge in [-0.25, -0.2) is 0 Å². The molecule has 0 rings (SSSR count). The average molecular weight is 220 g/mol. The molecule has 0 amide bonds. The summed E-state index contributed by atoms with van der Waals surface area (Å²) in [5.74, 6) is -0.189. The molecule has 0 saturated carbocycles. The van der Waals surface area contributed by atoms with Crippen LogP contribution < -0.4 is 0 Å². The van der Waals surface area contributed by atoms with Gasteiger partial charge in [-0.15, -0.1) is 0 Å². The predicted octanol–water partition coefficient (Wildman–Crippen LogP) is 0.278. The largest absolute Gasteiger partial charge is 0.393 e. The van der Waals surface area contributed by atoms with E-state index in [1.54, 1.807) is 6.92 Å². The van der Waals surface area contributed by atoms with Crippen molar-refractivity contribution in [2.75, 3.05) is 6.61 Å². The van der Waals surface area contributed by atoms with E-state index in [-0.39, 0.29) is 5.92 Å². The molecule has 0 heterocycles. The zero-order valence-corrected chi connectivity index (χ0v) is 10.3. The summed E-state index contributed by atoms with van der Waals surface area (Å²) in [5, 5.41) is 39.4. The Hall–Kier alpha value is -0.160. The van der Waals surface area contributed by atoms with Crippen molar-refractivity contribution in [3.63, 3.8) is 0 Å².